The first-order valence-corrected chi connectivity index (χ1v) is 32.1. The SMILES string of the molecule is O=C(CC1=CCc2ccccc21)Nc1nnc([C@@H]2CCC[C@@H](c3nnc(NC(=O)CC4=CCc5ccccc54)s3)C2)s1.O=C(CC1=CCc2ccccc21)Nc1nnc([C@H]2CCC[C@H](c3nnc(NC(=O)CC4=CCc5ccccc54)s3)C2)s1. The number of hydrogen-bond acceptors (Lipinski definition) is 16. The molecule has 4 aromatic heterocycles. The highest BCUT2D eigenvalue weighted by molar-refractivity contribution is 7.16. The standard InChI is InChI=1S/2C32H30N6O2S2/c2*39-27(17-21-14-12-19-6-1-3-10-25(19)21)33-31-37-35-29(41-31)23-8-5-9-24(16-23)30-36-38-32(42-30)34-28(40)18-22-15-13-20-7-2-4-11-26(20)22/h2*1-4,6-7,10-11,14-15,23-24H,5,8-9,12-13,16-18H2,(H,33,37,39)(H,34,38,40)/t2*23-,24-/m10/s1. The van der Waals surface area contributed by atoms with Crippen LogP contribution in [-0.4, -0.2) is 64.4 Å². The highest BCUT2D eigenvalue weighted by Crippen LogP contribution is 2.46. The molecule has 14 rings (SSSR count). The maximum atomic E-state index is 12.8. The topological polar surface area (TPSA) is 220 Å². The van der Waals surface area contributed by atoms with E-state index in [1.165, 1.54) is 67.6 Å². The predicted molar refractivity (Wildman–Crippen MR) is 333 cm³/mol. The molecule has 20 heteroatoms. The molecule has 4 N–H and O–H groups in total. The first kappa shape index (κ1) is 55.2. The smallest absolute Gasteiger partial charge is 0.230 e. The lowest BCUT2D eigenvalue weighted by molar-refractivity contribution is -0.116. The number of nitrogens with zero attached hydrogens (tertiary/aromatic N) is 8. The normalized spacial score (nSPS) is 19.0. The van der Waals surface area contributed by atoms with Crippen LogP contribution in [0.3, 0.4) is 0 Å². The summed E-state index contributed by atoms with van der Waals surface area (Å²) in [5, 5.41) is 52.7. The van der Waals surface area contributed by atoms with Gasteiger partial charge in [0.05, 0.1) is 25.7 Å². The quantitative estimate of drug-likeness (QED) is 0.0710. The Morgan fingerprint density at radius 3 is 0.833 bits per heavy atom. The zero-order valence-electron chi connectivity index (χ0n) is 46.0. The van der Waals surface area contributed by atoms with Crippen molar-refractivity contribution >= 4 is 112 Å². The summed E-state index contributed by atoms with van der Waals surface area (Å²) < 4.78 is 0. The molecule has 0 spiro atoms. The second-order valence-electron chi connectivity index (χ2n) is 22.2. The number of anilines is 4. The van der Waals surface area contributed by atoms with Gasteiger partial charge in [-0.15, -0.1) is 40.8 Å². The Hall–Kier alpha value is -8.04. The number of carbonyl (C=O) groups is 4. The number of allylic oxidation sites excluding steroid dienone is 4. The fourth-order valence-corrected chi connectivity index (χ4v) is 16.1. The number of amides is 4. The molecule has 6 aliphatic carbocycles. The molecule has 84 heavy (non-hydrogen) atoms. The number of aromatic nitrogens is 8. The van der Waals surface area contributed by atoms with Gasteiger partial charge in [-0.2, -0.15) is 0 Å². The molecule has 0 aliphatic heterocycles. The fourth-order valence-electron chi connectivity index (χ4n) is 12.5. The number of nitrogens with one attached hydrogen (secondary N) is 4. The summed E-state index contributed by atoms with van der Waals surface area (Å²) in [6, 6.07) is 32.9. The molecule has 0 radical (unpaired) electrons. The Kier molecular flexibility index (Phi) is 16.4. The van der Waals surface area contributed by atoms with Crippen LogP contribution >= 0.6 is 45.3 Å². The van der Waals surface area contributed by atoms with Gasteiger partial charge in [0, 0.05) is 23.7 Å². The first-order valence-electron chi connectivity index (χ1n) is 28.8. The van der Waals surface area contributed by atoms with Crippen molar-refractivity contribution in [3.8, 4) is 0 Å². The van der Waals surface area contributed by atoms with Crippen LogP contribution in [0, 0.1) is 0 Å². The number of carbonyl (C=O) groups excluding carboxylic acids is 4. The molecule has 2 fully saturated rings. The van der Waals surface area contributed by atoms with Crippen LogP contribution in [0.1, 0.15) is 165 Å². The van der Waals surface area contributed by atoms with Crippen molar-refractivity contribution in [3.05, 3.63) is 186 Å². The predicted octanol–water partition coefficient (Wildman–Crippen LogP) is 13.5. The van der Waals surface area contributed by atoms with Gasteiger partial charge in [0.2, 0.25) is 44.2 Å². The van der Waals surface area contributed by atoms with Gasteiger partial charge < -0.3 is 21.3 Å². The van der Waals surface area contributed by atoms with E-state index < -0.39 is 0 Å². The second kappa shape index (κ2) is 25.0. The lowest BCUT2D eigenvalue weighted by atomic mass is 9.82. The molecule has 6 aliphatic rings. The van der Waals surface area contributed by atoms with E-state index in [2.05, 4.69) is 135 Å². The minimum atomic E-state index is -0.0703. The van der Waals surface area contributed by atoms with Gasteiger partial charge in [0.15, 0.2) is 0 Å². The lowest BCUT2D eigenvalue weighted by Gasteiger charge is -2.25. The van der Waals surface area contributed by atoms with Crippen LogP contribution in [0.2, 0.25) is 0 Å². The van der Waals surface area contributed by atoms with E-state index in [0.717, 1.165) is 142 Å². The highest BCUT2D eigenvalue weighted by Gasteiger charge is 2.32. The fraction of sp³-hybridized carbons (Fsp3) is 0.312. The summed E-state index contributed by atoms with van der Waals surface area (Å²) in [6.07, 6.45) is 21.4. The summed E-state index contributed by atoms with van der Waals surface area (Å²) in [5.74, 6) is 0.747. The van der Waals surface area contributed by atoms with E-state index in [1.54, 1.807) is 0 Å². The van der Waals surface area contributed by atoms with Crippen LogP contribution in [0.15, 0.2) is 121 Å². The van der Waals surface area contributed by atoms with Crippen molar-refractivity contribution in [3.63, 3.8) is 0 Å². The largest absolute Gasteiger partial charge is 0.300 e. The summed E-state index contributed by atoms with van der Waals surface area (Å²) in [6.45, 7) is 0. The summed E-state index contributed by atoms with van der Waals surface area (Å²) >= 11 is 5.85. The van der Waals surface area contributed by atoms with E-state index in [9.17, 15) is 19.2 Å². The van der Waals surface area contributed by atoms with Crippen LogP contribution in [-0.2, 0) is 44.9 Å². The van der Waals surface area contributed by atoms with Crippen molar-refractivity contribution < 1.29 is 19.2 Å². The molecule has 0 bridgehead atoms. The molecular formula is C64H60N12O4S4. The maximum Gasteiger partial charge on any atom is 0.230 e. The van der Waals surface area contributed by atoms with Crippen LogP contribution < -0.4 is 21.3 Å². The third-order valence-electron chi connectivity index (χ3n) is 16.6. The van der Waals surface area contributed by atoms with Crippen molar-refractivity contribution in [2.45, 2.75) is 126 Å². The summed E-state index contributed by atoms with van der Waals surface area (Å²) in [5.41, 5.74) is 14.0. The Bertz CT molecular complexity index is 3450. The zero-order chi connectivity index (χ0) is 56.9. The Labute approximate surface area is 502 Å². The van der Waals surface area contributed by atoms with Gasteiger partial charge in [-0.1, -0.05) is 180 Å². The number of rotatable bonds is 16. The summed E-state index contributed by atoms with van der Waals surface area (Å²) in [7, 11) is 0. The first-order chi connectivity index (χ1) is 41.2. The van der Waals surface area contributed by atoms with Gasteiger partial charge in [-0.05, 0) is 131 Å². The average Bonchev–Trinajstić information content (AvgIpc) is 4.50. The third-order valence-corrected chi connectivity index (χ3v) is 20.6. The molecule has 16 nitrogen and oxygen atoms in total. The van der Waals surface area contributed by atoms with Crippen molar-refractivity contribution in [2.75, 3.05) is 21.3 Å². The molecule has 2 saturated carbocycles. The maximum absolute atomic E-state index is 12.8. The lowest BCUT2D eigenvalue weighted by Crippen LogP contribution is -2.13. The minimum absolute atomic E-state index is 0.0703. The molecule has 4 amide bonds. The monoisotopic (exact) mass is 1190 g/mol. The van der Waals surface area contributed by atoms with Crippen LogP contribution in [0.5, 0.6) is 0 Å². The van der Waals surface area contributed by atoms with Gasteiger partial charge in [0.1, 0.15) is 20.0 Å². The van der Waals surface area contributed by atoms with E-state index in [1.807, 2.05) is 48.5 Å². The molecule has 424 valence electrons. The van der Waals surface area contributed by atoms with E-state index >= 15 is 0 Å². The van der Waals surface area contributed by atoms with Crippen molar-refractivity contribution in [2.24, 2.45) is 0 Å². The summed E-state index contributed by atoms with van der Waals surface area (Å²) in [4.78, 5) is 51.1. The molecule has 4 heterocycles. The number of fused-ring (bicyclic) bond motifs is 4. The second-order valence-corrected chi connectivity index (χ2v) is 26.2. The van der Waals surface area contributed by atoms with Gasteiger partial charge in [0.25, 0.3) is 0 Å². The third kappa shape index (κ3) is 12.7. The van der Waals surface area contributed by atoms with E-state index in [0.29, 0.717) is 46.2 Å². The van der Waals surface area contributed by atoms with Gasteiger partial charge in [-0.3, -0.25) is 19.2 Å². The van der Waals surface area contributed by atoms with Crippen LogP contribution in [0.25, 0.3) is 22.3 Å². The molecule has 8 aromatic rings. The van der Waals surface area contributed by atoms with Crippen molar-refractivity contribution in [1.82, 2.24) is 40.8 Å². The Morgan fingerprint density at radius 1 is 0.345 bits per heavy atom. The van der Waals surface area contributed by atoms with Crippen molar-refractivity contribution in [1.29, 1.82) is 0 Å². The Balaban J connectivity index is 0.000000157. The molecular weight excluding hydrogens is 1130 g/mol. The zero-order valence-corrected chi connectivity index (χ0v) is 49.3. The minimum Gasteiger partial charge on any atom is -0.300 e. The molecule has 4 atom stereocenters. The van der Waals surface area contributed by atoms with Gasteiger partial charge >= 0.3 is 0 Å². The van der Waals surface area contributed by atoms with E-state index in [-0.39, 0.29) is 47.3 Å². The number of benzene rings is 4. The van der Waals surface area contributed by atoms with Crippen LogP contribution in [0.4, 0.5) is 20.5 Å². The Morgan fingerprint density at radius 2 is 0.583 bits per heavy atom. The number of hydrogen-bond donors (Lipinski definition) is 4. The molecule has 0 unspecified atom stereocenters. The van der Waals surface area contributed by atoms with Gasteiger partial charge in [-0.25, -0.2) is 0 Å². The molecule has 0 saturated heterocycles. The molecule has 4 aromatic carbocycles. The average molecular weight is 1190 g/mol. The highest BCUT2D eigenvalue weighted by atomic mass is 32.1. The van der Waals surface area contributed by atoms with E-state index in [4.69, 9.17) is 0 Å².